The van der Waals surface area contributed by atoms with Crippen LogP contribution < -0.4 is 10.0 Å². The van der Waals surface area contributed by atoms with E-state index >= 15 is 0 Å². The fourth-order valence-electron chi connectivity index (χ4n) is 1.64. The van der Waals surface area contributed by atoms with Crippen molar-refractivity contribution < 1.29 is 8.42 Å². The lowest BCUT2D eigenvalue weighted by atomic mass is 10.6. The van der Waals surface area contributed by atoms with Gasteiger partial charge in [-0.15, -0.1) is 0 Å². The van der Waals surface area contributed by atoms with Crippen molar-refractivity contribution in [3.63, 3.8) is 0 Å². The van der Waals surface area contributed by atoms with Gasteiger partial charge in [-0.25, -0.2) is 8.42 Å². The van der Waals surface area contributed by atoms with E-state index in [2.05, 4.69) is 20.2 Å². The molecule has 2 heterocycles. The molecule has 0 saturated carbocycles. The van der Waals surface area contributed by atoms with Crippen molar-refractivity contribution in [1.29, 1.82) is 0 Å². The molecule has 2 rings (SSSR count). The Bertz CT molecular complexity index is 660. The maximum absolute atomic E-state index is 12.1. The van der Waals surface area contributed by atoms with Crippen LogP contribution in [0.5, 0.6) is 0 Å². The molecule has 8 nitrogen and oxygen atoms in total. The van der Waals surface area contributed by atoms with Crippen LogP contribution in [0.25, 0.3) is 0 Å². The molecular weight excluding hydrogens is 280 g/mol. The number of nitrogens with one attached hydrogen (secondary N) is 2. The average Bonchev–Trinajstić information content (AvgIpc) is 2.99. The molecule has 0 atom stereocenters. The normalized spacial score (nSPS) is 11.7. The number of sulfonamides is 1. The summed E-state index contributed by atoms with van der Waals surface area (Å²) in [5.41, 5.74) is 0. The predicted octanol–water partition coefficient (Wildman–Crippen LogP) is 0.0269. The van der Waals surface area contributed by atoms with E-state index in [0.717, 1.165) is 13.1 Å². The highest BCUT2D eigenvalue weighted by Gasteiger charge is 2.17. The van der Waals surface area contributed by atoms with E-state index in [9.17, 15) is 8.42 Å². The lowest BCUT2D eigenvalue weighted by molar-refractivity contribution is 0.564. The molecule has 20 heavy (non-hydrogen) atoms. The summed E-state index contributed by atoms with van der Waals surface area (Å²) in [5.74, 6) is 0.285. The van der Waals surface area contributed by atoms with Crippen molar-refractivity contribution in [2.24, 2.45) is 7.05 Å². The molecule has 110 valence electrons. The van der Waals surface area contributed by atoms with Gasteiger partial charge in [0.1, 0.15) is 4.90 Å². The summed E-state index contributed by atoms with van der Waals surface area (Å²) in [7, 11) is -1.92. The summed E-state index contributed by atoms with van der Waals surface area (Å²) in [6.45, 7) is 4.24. The first-order chi connectivity index (χ1) is 9.51. The van der Waals surface area contributed by atoms with Crippen LogP contribution in [0.15, 0.2) is 29.6 Å². The van der Waals surface area contributed by atoms with E-state index in [-0.39, 0.29) is 10.7 Å². The number of rotatable bonds is 7. The number of aromatic nitrogens is 4. The Morgan fingerprint density at radius 1 is 1.40 bits per heavy atom. The Morgan fingerprint density at radius 2 is 2.20 bits per heavy atom. The van der Waals surface area contributed by atoms with Crippen LogP contribution in [0.2, 0.25) is 0 Å². The Labute approximate surface area is 117 Å². The number of likely N-dealkylation sites (N-methyl/N-ethyl adjacent to an activating group) is 1. The van der Waals surface area contributed by atoms with Gasteiger partial charge in [-0.05, 0) is 6.54 Å². The quantitative estimate of drug-likeness (QED) is 0.703. The van der Waals surface area contributed by atoms with E-state index in [0.29, 0.717) is 6.54 Å². The van der Waals surface area contributed by atoms with Gasteiger partial charge < -0.3 is 5.32 Å². The summed E-state index contributed by atoms with van der Waals surface area (Å²) < 4.78 is 29.8. The maximum Gasteiger partial charge on any atom is 0.266 e. The molecule has 2 aromatic heterocycles. The fourth-order valence-corrected chi connectivity index (χ4v) is 2.59. The molecule has 0 saturated heterocycles. The zero-order chi connectivity index (χ0) is 14.6. The summed E-state index contributed by atoms with van der Waals surface area (Å²) in [5, 5.41) is 11.2. The molecule has 0 aliphatic rings. The molecule has 0 unspecified atom stereocenters. The van der Waals surface area contributed by atoms with E-state index in [1.165, 1.54) is 17.1 Å². The van der Waals surface area contributed by atoms with Gasteiger partial charge in [0, 0.05) is 32.1 Å². The Morgan fingerprint density at radius 3 is 2.85 bits per heavy atom. The molecule has 0 fully saturated rings. The third-order valence-corrected chi connectivity index (χ3v) is 3.95. The Kier molecular flexibility index (Phi) is 4.40. The van der Waals surface area contributed by atoms with Gasteiger partial charge in [-0.1, -0.05) is 6.92 Å². The zero-order valence-electron chi connectivity index (χ0n) is 11.4. The molecule has 0 radical (unpaired) electrons. The molecule has 0 aliphatic carbocycles. The van der Waals surface area contributed by atoms with E-state index in [4.69, 9.17) is 0 Å². The van der Waals surface area contributed by atoms with Crippen molar-refractivity contribution in [3.05, 3.63) is 24.7 Å². The van der Waals surface area contributed by atoms with Crippen molar-refractivity contribution >= 4 is 15.8 Å². The molecule has 0 amide bonds. The van der Waals surface area contributed by atoms with Crippen molar-refractivity contribution in [2.45, 2.75) is 18.4 Å². The van der Waals surface area contributed by atoms with Crippen molar-refractivity contribution in [1.82, 2.24) is 24.9 Å². The molecule has 0 aromatic carbocycles. The molecule has 9 heteroatoms. The van der Waals surface area contributed by atoms with Crippen LogP contribution in [0.4, 0.5) is 5.82 Å². The third-order valence-electron chi connectivity index (χ3n) is 2.64. The van der Waals surface area contributed by atoms with Crippen molar-refractivity contribution in [3.8, 4) is 0 Å². The van der Waals surface area contributed by atoms with Crippen LogP contribution in [0.1, 0.15) is 6.92 Å². The highest BCUT2D eigenvalue weighted by molar-refractivity contribution is 7.92. The number of nitrogens with zero attached hydrogens (tertiary/aromatic N) is 4. The van der Waals surface area contributed by atoms with Crippen LogP contribution in [-0.4, -0.2) is 41.1 Å². The van der Waals surface area contributed by atoms with Crippen LogP contribution >= 0.6 is 0 Å². The van der Waals surface area contributed by atoms with Crippen molar-refractivity contribution in [2.75, 3.05) is 17.8 Å². The predicted molar refractivity (Wildman–Crippen MR) is 74.8 cm³/mol. The third kappa shape index (κ3) is 3.58. The van der Waals surface area contributed by atoms with E-state index < -0.39 is 10.0 Å². The topological polar surface area (TPSA) is 93.8 Å². The fraction of sp³-hybridized carbons (Fsp3) is 0.455. The first kappa shape index (κ1) is 14.5. The largest absolute Gasteiger partial charge is 0.315 e. The number of hydrogen-bond donors (Lipinski definition) is 2. The van der Waals surface area contributed by atoms with E-state index in [1.807, 2.05) is 6.92 Å². The van der Waals surface area contributed by atoms with Gasteiger partial charge in [-0.2, -0.15) is 10.2 Å². The van der Waals surface area contributed by atoms with Gasteiger partial charge in [0.25, 0.3) is 10.0 Å². The smallest absolute Gasteiger partial charge is 0.266 e. The Hall–Kier alpha value is -1.87. The van der Waals surface area contributed by atoms with Gasteiger partial charge in [0.2, 0.25) is 0 Å². The first-order valence-corrected chi connectivity index (χ1v) is 7.75. The molecule has 2 aromatic rings. The standard InChI is InChI=1S/C11H18N6O2S/c1-3-12-5-7-17-9-10(8-13-17)20(18,19)15-11-4-6-16(2)14-11/h4,6,8-9,12H,3,5,7H2,1-2H3,(H,14,15). The molecule has 2 N–H and O–H groups in total. The minimum atomic E-state index is -3.64. The highest BCUT2D eigenvalue weighted by Crippen LogP contribution is 2.13. The monoisotopic (exact) mass is 298 g/mol. The lowest BCUT2D eigenvalue weighted by Crippen LogP contribution is -2.19. The van der Waals surface area contributed by atoms with Gasteiger partial charge >= 0.3 is 0 Å². The maximum atomic E-state index is 12.1. The summed E-state index contributed by atoms with van der Waals surface area (Å²) in [4.78, 5) is 0.125. The Balaban J connectivity index is 2.06. The zero-order valence-corrected chi connectivity index (χ0v) is 12.3. The second kappa shape index (κ2) is 6.06. The minimum Gasteiger partial charge on any atom is -0.315 e. The molecule has 0 spiro atoms. The van der Waals surface area contributed by atoms with Gasteiger partial charge in [-0.3, -0.25) is 14.1 Å². The van der Waals surface area contributed by atoms with Crippen LogP contribution in [0, 0.1) is 0 Å². The average molecular weight is 298 g/mol. The number of anilines is 1. The van der Waals surface area contributed by atoms with E-state index in [1.54, 1.807) is 24.0 Å². The van der Waals surface area contributed by atoms with Crippen LogP contribution in [0.3, 0.4) is 0 Å². The molecule has 0 aliphatic heterocycles. The minimum absolute atomic E-state index is 0.125. The van der Waals surface area contributed by atoms with Crippen LogP contribution in [-0.2, 0) is 23.6 Å². The number of hydrogen-bond acceptors (Lipinski definition) is 5. The first-order valence-electron chi connectivity index (χ1n) is 6.27. The summed E-state index contributed by atoms with van der Waals surface area (Å²) in [6.07, 6.45) is 4.50. The molecular formula is C11H18N6O2S. The highest BCUT2D eigenvalue weighted by atomic mass is 32.2. The molecule has 0 bridgehead atoms. The lowest BCUT2D eigenvalue weighted by Gasteiger charge is -2.03. The van der Waals surface area contributed by atoms with Gasteiger partial charge in [0.05, 0.1) is 12.7 Å². The second-order valence-corrected chi connectivity index (χ2v) is 5.96. The summed E-state index contributed by atoms with van der Waals surface area (Å²) >= 11 is 0. The number of aryl methyl sites for hydroxylation is 1. The SMILES string of the molecule is CCNCCn1cc(S(=O)(=O)Nc2ccn(C)n2)cn1. The second-order valence-electron chi connectivity index (χ2n) is 4.27. The van der Waals surface area contributed by atoms with Gasteiger partial charge in [0.15, 0.2) is 5.82 Å². The summed E-state index contributed by atoms with van der Waals surface area (Å²) in [6, 6.07) is 1.59.